The number of benzene rings is 2. The van der Waals surface area contributed by atoms with E-state index in [1.807, 2.05) is 0 Å². The zero-order valence-electron chi connectivity index (χ0n) is 15.3. The molecule has 28 heavy (non-hydrogen) atoms. The van der Waals surface area contributed by atoms with E-state index in [9.17, 15) is 9.59 Å². The standard InChI is InChI=1S/C20H18ClNO6/c1-12-7-15(17(25-2)9-14(12)21)22-19(23)10-26-20(24)6-4-13-3-5-16-18(8-13)28-11-27-16/h3-9H,10-11H2,1-2H3,(H,22,23). The SMILES string of the molecule is COc1cc(Cl)c(C)cc1NC(=O)COC(=O)C=Cc1ccc2c(c1)OCO2. The smallest absolute Gasteiger partial charge is 0.331 e. The maximum absolute atomic E-state index is 12.1. The Labute approximate surface area is 166 Å². The molecular weight excluding hydrogens is 386 g/mol. The number of rotatable bonds is 6. The van der Waals surface area contributed by atoms with Gasteiger partial charge >= 0.3 is 5.97 Å². The Morgan fingerprint density at radius 3 is 2.79 bits per heavy atom. The molecule has 0 atom stereocenters. The minimum atomic E-state index is -0.646. The average molecular weight is 404 g/mol. The number of nitrogens with one attached hydrogen (secondary N) is 1. The van der Waals surface area contributed by atoms with Crippen LogP contribution in [-0.4, -0.2) is 32.4 Å². The molecule has 0 bridgehead atoms. The van der Waals surface area contributed by atoms with Crippen LogP contribution >= 0.6 is 11.6 Å². The fourth-order valence-electron chi connectivity index (χ4n) is 2.48. The van der Waals surface area contributed by atoms with Crippen LogP contribution in [0.15, 0.2) is 36.4 Å². The van der Waals surface area contributed by atoms with Crippen molar-refractivity contribution in [1.82, 2.24) is 0 Å². The number of hydrogen-bond donors (Lipinski definition) is 1. The van der Waals surface area contributed by atoms with Crippen LogP contribution in [0.4, 0.5) is 5.69 Å². The summed E-state index contributed by atoms with van der Waals surface area (Å²) in [6.07, 6.45) is 2.80. The molecule has 2 aromatic carbocycles. The maximum atomic E-state index is 12.1. The van der Waals surface area contributed by atoms with Crippen LogP contribution in [0, 0.1) is 6.92 Å². The summed E-state index contributed by atoms with van der Waals surface area (Å²) < 4.78 is 20.6. The molecule has 0 saturated heterocycles. The fourth-order valence-corrected chi connectivity index (χ4v) is 2.64. The highest BCUT2D eigenvalue weighted by atomic mass is 35.5. The fraction of sp³-hybridized carbons (Fsp3) is 0.200. The Morgan fingerprint density at radius 1 is 1.21 bits per heavy atom. The molecule has 146 valence electrons. The highest BCUT2D eigenvalue weighted by Gasteiger charge is 2.13. The van der Waals surface area contributed by atoms with Gasteiger partial charge in [-0.25, -0.2) is 4.79 Å². The molecule has 0 unspecified atom stereocenters. The van der Waals surface area contributed by atoms with Crippen LogP contribution in [0.1, 0.15) is 11.1 Å². The number of carbonyl (C=O) groups excluding carboxylic acids is 2. The monoisotopic (exact) mass is 403 g/mol. The largest absolute Gasteiger partial charge is 0.495 e. The van der Waals surface area contributed by atoms with Crippen LogP contribution in [0.3, 0.4) is 0 Å². The molecule has 0 fully saturated rings. The van der Waals surface area contributed by atoms with E-state index in [0.29, 0.717) is 28.0 Å². The summed E-state index contributed by atoms with van der Waals surface area (Å²) in [6, 6.07) is 8.56. The number of ether oxygens (including phenoxy) is 4. The number of anilines is 1. The highest BCUT2D eigenvalue weighted by molar-refractivity contribution is 6.31. The highest BCUT2D eigenvalue weighted by Crippen LogP contribution is 2.33. The van der Waals surface area contributed by atoms with Gasteiger partial charge in [0.2, 0.25) is 6.79 Å². The molecule has 1 aliphatic rings. The Hall–Kier alpha value is -3.19. The molecule has 0 aromatic heterocycles. The number of methoxy groups -OCH3 is 1. The predicted molar refractivity (Wildman–Crippen MR) is 104 cm³/mol. The quantitative estimate of drug-likeness (QED) is 0.586. The van der Waals surface area contributed by atoms with E-state index in [1.165, 1.54) is 13.2 Å². The van der Waals surface area contributed by atoms with Crippen molar-refractivity contribution >= 4 is 35.2 Å². The predicted octanol–water partition coefficient (Wildman–Crippen LogP) is 3.58. The summed E-state index contributed by atoms with van der Waals surface area (Å²) in [5, 5.41) is 3.16. The van der Waals surface area contributed by atoms with Gasteiger partial charge in [-0.3, -0.25) is 4.79 Å². The van der Waals surface area contributed by atoms with Crippen molar-refractivity contribution < 1.29 is 28.5 Å². The van der Waals surface area contributed by atoms with Gasteiger partial charge in [-0.1, -0.05) is 17.7 Å². The first-order valence-corrected chi connectivity index (χ1v) is 8.72. The number of fused-ring (bicyclic) bond motifs is 1. The summed E-state index contributed by atoms with van der Waals surface area (Å²) in [5.74, 6) is 0.543. The van der Waals surface area contributed by atoms with Gasteiger partial charge in [-0.15, -0.1) is 0 Å². The van der Waals surface area contributed by atoms with Gasteiger partial charge in [0.1, 0.15) is 5.75 Å². The molecular formula is C20H18ClNO6. The van der Waals surface area contributed by atoms with Gasteiger partial charge in [0, 0.05) is 17.2 Å². The number of carbonyl (C=O) groups is 2. The molecule has 0 spiro atoms. The van der Waals surface area contributed by atoms with E-state index in [0.717, 1.165) is 11.1 Å². The van der Waals surface area contributed by atoms with Crippen LogP contribution in [0.5, 0.6) is 17.2 Å². The molecule has 1 aliphatic heterocycles. The molecule has 8 heteroatoms. The minimum Gasteiger partial charge on any atom is -0.495 e. The van der Waals surface area contributed by atoms with Crippen molar-refractivity contribution in [3.05, 3.63) is 52.6 Å². The van der Waals surface area contributed by atoms with E-state index in [4.69, 9.17) is 30.5 Å². The van der Waals surface area contributed by atoms with Crippen molar-refractivity contribution in [1.29, 1.82) is 0 Å². The van der Waals surface area contributed by atoms with E-state index < -0.39 is 18.5 Å². The molecule has 3 rings (SSSR count). The third-order valence-corrected chi connectivity index (χ3v) is 4.32. The maximum Gasteiger partial charge on any atom is 0.331 e. The number of amides is 1. The van der Waals surface area contributed by atoms with Crippen molar-refractivity contribution in [2.24, 2.45) is 0 Å². The first-order chi connectivity index (χ1) is 13.5. The lowest BCUT2D eigenvalue weighted by atomic mass is 10.2. The third kappa shape index (κ3) is 4.75. The van der Waals surface area contributed by atoms with E-state index >= 15 is 0 Å². The summed E-state index contributed by atoms with van der Waals surface area (Å²) >= 11 is 6.04. The van der Waals surface area contributed by atoms with Crippen molar-refractivity contribution in [2.45, 2.75) is 6.92 Å². The van der Waals surface area contributed by atoms with Gasteiger partial charge in [-0.2, -0.15) is 0 Å². The Kier molecular flexibility index (Phi) is 6.06. The lowest BCUT2D eigenvalue weighted by molar-refractivity contribution is -0.142. The first-order valence-electron chi connectivity index (χ1n) is 8.34. The summed E-state index contributed by atoms with van der Waals surface area (Å²) in [5.41, 5.74) is 1.97. The zero-order chi connectivity index (χ0) is 20.1. The summed E-state index contributed by atoms with van der Waals surface area (Å²) in [6.45, 7) is 1.55. The molecule has 0 aliphatic carbocycles. The van der Waals surface area contributed by atoms with Gasteiger partial charge in [0.25, 0.3) is 5.91 Å². The molecule has 1 heterocycles. The second kappa shape index (κ2) is 8.67. The van der Waals surface area contributed by atoms with Gasteiger partial charge in [-0.05, 0) is 42.3 Å². The van der Waals surface area contributed by atoms with Gasteiger partial charge in [0.15, 0.2) is 18.1 Å². The van der Waals surface area contributed by atoms with Crippen molar-refractivity contribution in [3.8, 4) is 17.2 Å². The molecule has 0 saturated carbocycles. The van der Waals surface area contributed by atoms with Crippen molar-refractivity contribution in [2.75, 3.05) is 25.8 Å². The topological polar surface area (TPSA) is 83.1 Å². The first kappa shape index (κ1) is 19.6. The van der Waals surface area contributed by atoms with Crippen LogP contribution in [0.2, 0.25) is 5.02 Å². The molecule has 1 amide bonds. The van der Waals surface area contributed by atoms with E-state index in [-0.39, 0.29) is 6.79 Å². The van der Waals surface area contributed by atoms with Crippen LogP contribution in [-0.2, 0) is 14.3 Å². The Bertz CT molecular complexity index is 941. The molecule has 1 N–H and O–H groups in total. The number of halogens is 1. The number of hydrogen-bond acceptors (Lipinski definition) is 6. The third-order valence-electron chi connectivity index (χ3n) is 3.91. The minimum absolute atomic E-state index is 0.178. The van der Waals surface area contributed by atoms with E-state index in [2.05, 4.69) is 5.32 Å². The second-order valence-electron chi connectivity index (χ2n) is 5.90. The normalized spacial score (nSPS) is 12.1. The zero-order valence-corrected chi connectivity index (χ0v) is 16.0. The van der Waals surface area contributed by atoms with E-state index in [1.54, 1.807) is 43.3 Å². The molecule has 0 radical (unpaired) electrons. The summed E-state index contributed by atoms with van der Waals surface area (Å²) in [7, 11) is 1.47. The Balaban J connectivity index is 1.53. The van der Waals surface area contributed by atoms with Crippen molar-refractivity contribution in [3.63, 3.8) is 0 Å². The van der Waals surface area contributed by atoms with Crippen LogP contribution in [0.25, 0.3) is 6.08 Å². The Morgan fingerprint density at radius 2 is 2.00 bits per heavy atom. The van der Waals surface area contributed by atoms with Gasteiger partial charge in [0.05, 0.1) is 12.8 Å². The van der Waals surface area contributed by atoms with Crippen LogP contribution < -0.4 is 19.5 Å². The second-order valence-corrected chi connectivity index (χ2v) is 6.31. The number of aryl methyl sites for hydroxylation is 1. The summed E-state index contributed by atoms with van der Waals surface area (Å²) in [4.78, 5) is 23.9. The lowest BCUT2D eigenvalue weighted by Gasteiger charge is -2.12. The number of esters is 1. The molecule has 2 aromatic rings. The lowest BCUT2D eigenvalue weighted by Crippen LogP contribution is -2.20. The average Bonchev–Trinajstić information content (AvgIpc) is 3.15. The molecule has 7 nitrogen and oxygen atoms in total. The van der Waals surface area contributed by atoms with Gasteiger partial charge < -0.3 is 24.3 Å².